The molecular weight excluding hydrogens is 236 g/mol. The molecule has 1 aliphatic heterocycles. The topological polar surface area (TPSA) is 47.1 Å². The number of likely N-dealkylation sites (tertiary alicyclic amines) is 1. The Morgan fingerprint density at radius 2 is 2.29 bits per heavy atom. The summed E-state index contributed by atoms with van der Waals surface area (Å²) >= 11 is 0. The number of rotatable bonds is 3. The molecule has 1 aromatic rings. The Morgan fingerprint density at radius 1 is 1.53 bits per heavy atom. The highest BCUT2D eigenvalue weighted by Crippen LogP contribution is 2.13. The van der Waals surface area contributed by atoms with Crippen molar-refractivity contribution in [2.24, 2.45) is 5.73 Å². The predicted molar refractivity (Wildman–Crippen MR) is 72.3 cm³/mol. The first-order valence-corrected chi connectivity index (χ1v) is 6.16. The van der Waals surface area contributed by atoms with E-state index in [2.05, 4.69) is 30.0 Å². The molecule has 1 aliphatic rings. The van der Waals surface area contributed by atoms with Crippen molar-refractivity contribution in [3.05, 3.63) is 18.0 Å². The molecule has 1 atom stereocenters. The van der Waals surface area contributed by atoms with Crippen LogP contribution in [0.25, 0.3) is 0 Å². The van der Waals surface area contributed by atoms with Crippen molar-refractivity contribution in [1.82, 2.24) is 14.7 Å². The van der Waals surface area contributed by atoms with Crippen LogP contribution in [0.15, 0.2) is 12.4 Å². The number of hydrogen-bond donors (Lipinski definition) is 1. The molecule has 2 N–H and O–H groups in total. The van der Waals surface area contributed by atoms with Crippen LogP contribution in [-0.2, 0) is 6.54 Å². The average molecular weight is 259 g/mol. The van der Waals surface area contributed by atoms with Gasteiger partial charge < -0.3 is 5.73 Å². The van der Waals surface area contributed by atoms with Crippen LogP contribution in [-0.4, -0.2) is 33.8 Å². The van der Waals surface area contributed by atoms with Gasteiger partial charge in [0.2, 0.25) is 0 Å². The first-order chi connectivity index (χ1) is 7.65. The van der Waals surface area contributed by atoms with Crippen LogP contribution in [0.4, 0.5) is 0 Å². The van der Waals surface area contributed by atoms with Crippen molar-refractivity contribution >= 4 is 12.4 Å². The van der Waals surface area contributed by atoms with E-state index in [0.29, 0.717) is 12.1 Å². The van der Waals surface area contributed by atoms with Crippen molar-refractivity contribution in [2.75, 3.05) is 13.1 Å². The molecule has 0 saturated carbocycles. The van der Waals surface area contributed by atoms with Gasteiger partial charge in [-0.2, -0.15) is 5.10 Å². The minimum absolute atomic E-state index is 0. The number of hydrogen-bond acceptors (Lipinski definition) is 3. The van der Waals surface area contributed by atoms with E-state index >= 15 is 0 Å². The third-order valence-electron chi connectivity index (χ3n) is 3.13. The molecule has 1 aromatic heterocycles. The highest BCUT2D eigenvalue weighted by molar-refractivity contribution is 5.85. The lowest BCUT2D eigenvalue weighted by atomic mass is 10.1. The fourth-order valence-corrected chi connectivity index (χ4v) is 2.23. The molecule has 0 spiro atoms. The minimum atomic E-state index is 0. The molecular formula is C12H23ClN4. The smallest absolute Gasteiger partial charge is 0.0534 e. The predicted octanol–water partition coefficient (Wildman–Crippen LogP) is 1.81. The van der Waals surface area contributed by atoms with Gasteiger partial charge in [0.25, 0.3) is 0 Å². The lowest BCUT2D eigenvalue weighted by Crippen LogP contribution is -2.42. The van der Waals surface area contributed by atoms with Gasteiger partial charge in [0.15, 0.2) is 0 Å². The molecule has 17 heavy (non-hydrogen) atoms. The van der Waals surface area contributed by atoms with Gasteiger partial charge >= 0.3 is 0 Å². The Hall–Kier alpha value is -0.580. The number of nitrogens with zero attached hydrogens (tertiary/aromatic N) is 3. The molecule has 98 valence electrons. The Labute approximate surface area is 110 Å². The van der Waals surface area contributed by atoms with E-state index in [-0.39, 0.29) is 12.4 Å². The largest absolute Gasteiger partial charge is 0.327 e. The lowest BCUT2D eigenvalue weighted by molar-refractivity contribution is 0.201. The maximum Gasteiger partial charge on any atom is 0.0534 e. The van der Waals surface area contributed by atoms with Crippen molar-refractivity contribution in [3.8, 4) is 0 Å². The first-order valence-electron chi connectivity index (χ1n) is 6.16. The third-order valence-corrected chi connectivity index (χ3v) is 3.13. The van der Waals surface area contributed by atoms with Gasteiger partial charge in [0.05, 0.1) is 6.20 Å². The molecule has 4 nitrogen and oxygen atoms in total. The molecule has 0 radical (unpaired) electrons. The Balaban J connectivity index is 0.00000144. The Kier molecular flexibility index (Phi) is 5.43. The van der Waals surface area contributed by atoms with E-state index in [4.69, 9.17) is 5.73 Å². The Morgan fingerprint density at radius 3 is 2.88 bits per heavy atom. The molecule has 0 bridgehead atoms. The highest BCUT2D eigenvalue weighted by atomic mass is 35.5. The number of halogens is 1. The second kappa shape index (κ2) is 6.38. The summed E-state index contributed by atoms with van der Waals surface area (Å²) in [6.07, 6.45) is 6.51. The maximum atomic E-state index is 5.97. The highest BCUT2D eigenvalue weighted by Gasteiger charge is 2.17. The van der Waals surface area contributed by atoms with Gasteiger partial charge in [-0.1, -0.05) is 0 Å². The van der Waals surface area contributed by atoms with Crippen LogP contribution in [0.3, 0.4) is 0 Å². The zero-order valence-corrected chi connectivity index (χ0v) is 11.5. The summed E-state index contributed by atoms with van der Waals surface area (Å²) in [4.78, 5) is 2.43. The van der Waals surface area contributed by atoms with Crippen LogP contribution >= 0.6 is 12.4 Å². The zero-order chi connectivity index (χ0) is 11.5. The number of aromatic nitrogens is 2. The summed E-state index contributed by atoms with van der Waals surface area (Å²) < 4.78 is 2.01. The van der Waals surface area contributed by atoms with E-state index in [1.54, 1.807) is 0 Å². The standard InChI is InChI=1S/C12H22N4.ClH/c1-10(2)16-8-11(6-14-16)7-15-5-3-4-12(13)9-15;/h6,8,10,12H,3-5,7,9,13H2,1-2H3;1H. The average Bonchev–Trinajstić information content (AvgIpc) is 2.66. The monoisotopic (exact) mass is 258 g/mol. The quantitative estimate of drug-likeness (QED) is 0.900. The van der Waals surface area contributed by atoms with E-state index in [0.717, 1.165) is 13.1 Å². The second-order valence-corrected chi connectivity index (χ2v) is 5.06. The van der Waals surface area contributed by atoms with E-state index in [9.17, 15) is 0 Å². The minimum Gasteiger partial charge on any atom is -0.327 e. The first kappa shape index (κ1) is 14.5. The van der Waals surface area contributed by atoms with Crippen molar-refractivity contribution in [1.29, 1.82) is 0 Å². The van der Waals surface area contributed by atoms with E-state index in [1.807, 2.05) is 10.9 Å². The normalized spacial score (nSPS) is 21.5. The van der Waals surface area contributed by atoms with Gasteiger partial charge in [-0.25, -0.2) is 0 Å². The van der Waals surface area contributed by atoms with Gasteiger partial charge in [-0.05, 0) is 33.2 Å². The van der Waals surface area contributed by atoms with Crippen molar-refractivity contribution in [3.63, 3.8) is 0 Å². The Bertz CT molecular complexity index is 337. The summed E-state index contributed by atoms with van der Waals surface area (Å²) in [6, 6.07) is 0.797. The summed E-state index contributed by atoms with van der Waals surface area (Å²) in [7, 11) is 0. The van der Waals surface area contributed by atoms with Gasteiger partial charge in [0.1, 0.15) is 0 Å². The van der Waals surface area contributed by atoms with Gasteiger partial charge in [-0.15, -0.1) is 12.4 Å². The zero-order valence-electron chi connectivity index (χ0n) is 10.7. The molecule has 1 saturated heterocycles. The van der Waals surface area contributed by atoms with Crippen LogP contribution in [0.2, 0.25) is 0 Å². The molecule has 1 fully saturated rings. The van der Waals surface area contributed by atoms with E-state index < -0.39 is 0 Å². The van der Waals surface area contributed by atoms with Crippen molar-refractivity contribution < 1.29 is 0 Å². The molecule has 1 unspecified atom stereocenters. The molecule has 2 heterocycles. The maximum absolute atomic E-state index is 5.97. The van der Waals surface area contributed by atoms with Gasteiger partial charge in [0, 0.05) is 36.9 Å². The van der Waals surface area contributed by atoms with Crippen molar-refractivity contribution in [2.45, 2.75) is 45.3 Å². The summed E-state index contributed by atoms with van der Waals surface area (Å²) in [5.74, 6) is 0. The van der Waals surface area contributed by atoms with Crippen LogP contribution in [0.5, 0.6) is 0 Å². The SMILES string of the molecule is CC(C)n1cc(CN2CCCC(N)C2)cn1.Cl. The molecule has 5 heteroatoms. The van der Waals surface area contributed by atoms with Crippen LogP contribution < -0.4 is 5.73 Å². The fourth-order valence-electron chi connectivity index (χ4n) is 2.23. The van der Waals surface area contributed by atoms with Crippen LogP contribution in [0.1, 0.15) is 38.3 Å². The molecule has 0 amide bonds. The molecule has 2 rings (SSSR count). The molecule has 0 aliphatic carbocycles. The third kappa shape index (κ3) is 3.98. The number of piperidine rings is 1. The number of nitrogens with two attached hydrogens (primary N) is 1. The van der Waals surface area contributed by atoms with Crippen LogP contribution in [0, 0.1) is 0 Å². The molecule has 0 aromatic carbocycles. The lowest BCUT2D eigenvalue weighted by Gasteiger charge is -2.30. The van der Waals surface area contributed by atoms with Gasteiger partial charge in [-0.3, -0.25) is 9.58 Å². The summed E-state index contributed by atoms with van der Waals surface area (Å²) in [6.45, 7) is 7.47. The fraction of sp³-hybridized carbons (Fsp3) is 0.750. The summed E-state index contributed by atoms with van der Waals surface area (Å²) in [5.41, 5.74) is 7.26. The summed E-state index contributed by atoms with van der Waals surface area (Å²) in [5, 5.41) is 4.36. The second-order valence-electron chi connectivity index (χ2n) is 5.06. The van der Waals surface area contributed by atoms with E-state index in [1.165, 1.54) is 24.9 Å².